The summed E-state index contributed by atoms with van der Waals surface area (Å²) in [6, 6.07) is 3.15. The SMILES string of the molecule is N=C1CCCN(c2cc(F)cc(F)c2)C1=N. The molecule has 1 heterocycles. The van der Waals surface area contributed by atoms with Crippen LogP contribution >= 0.6 is 0 Å². The van der Waals surface area contributed by atoms with E-state index in [1.165, 1.54) is 17.0 Å². The quantitative estimate of drug-likeness (QED) is 0.755. The molecule has 0 aliphatic carbocycles. The highest BCUT2D eigenvalue weighted by atomic mass is 19.1. The summed E-state index contributed by atoms with van der Waals surface area (Å²) in [4.78, 5) is 1.46. The van der Waals surface area contributed by atoms with E-state index in [1.807, 2.05) is 0 Å². The summed E-state index contributed by atoms with van der Waals surface area (Å²) in [6.07, 6.45) is 1.27. The predicted molar refractivity (Wildman–Crippen MR) is 58.4 cm³/mol. The molecule has 0 radical (unpaired) electrons. The van der Waals surface area contributed by atoms with E-state index in [4.69, 9.17) is 10.8 Å². The van der Waals surface area contributed by atoms with Gasteiger partial charge in [0, 0.05) is 18.3 Å². The molecule has 0 aromatic heterocycles. The van der Waals surface area contributed by atoms with E-state index >= 15 is 0 Å². The van der Waals surface area contributed by atoms with Crippen LogP contribution in [0.5, 0.6) is 0 Å². The highest BCUT2D eigenvalue weighted by Crippen LogP contribution is 2.21. The third-order valence-corrected chi connectivity index (χ3v) is 2.52. The van der Waals surface area contributed by atoms with Crippen molar-refractivity contribution in [2.24, 2.45) is 0 Å². The predicted octanol–water partition coefficient (Wildman–Crippen LogP) is 2.56. The lowest BCUT2D eigenvalue weighted by Gasteiger charge is -2.29. The first-order valence-electron chi connectivity index (χ1n) is 4.98. The lowest BCUT2D eigenvalue weighted by atomic mass is 10.1. The molecular weight excluding hydrogens is 212 g/mol. The number of piperidine rings is 1. The Morgan fingerprint density at radius 3 is 2.31 bits per heavy atom. The number of nitrogens with one attached hydrogen (secondary N) is 2. The van der Waals surface area contributed by atoms with Crippen molar-refractivity contribution in [3.63, 3.8) is 0 Å². The van der Waals surface area contributed by atoms with Crippen LogP contribution in [0.4, 0.5) is 14.5 Å². The van der Waals surface area contributed by atoms with Crippen molar-refractivity contribution in [3.8, 4) is 0 Å². The first-order chi connectivity index (χ1) is 7.58. The van der Waals surface area contributed by atoms with Gasteiger partial charge in [-0.25, -0.2) is 8.78 Å². The topological polar surface area (TPSA) is 50.9 Å². The summed E-state index contributed by atoms with van der Waals surface area (Å²) in [6.45, 7) is 0.518. The van der Waals surface area contributed by atoms with Gasteiger partial charge >= 0.3 is 0 Å². The number of rotatable bonds is 1. The highest BCUT2D eigenvalue weighted by molar-refractivity contribution is 6.44. The number of hydrogen-bond acceptors (Lipinski definition) is 2. The average molecular weight is 223 g/mol. The maximum absolute atomic E-state index is 13.0. The zero-order valence-electron chi connectivity index (χ0n) is 8.56. The van der Waals surface area contributed by atoms with Gasteiger partial charge in [-0.3, -0.25) is 5.41 Å². The Morgan fingerprint density at radius 2 is 1.69 bits per heavy atom. The van der Waals surface area contributed by atoms with Gasteiger partial charge in [0.2, 0.25) is 0 Å². The zero-order valence-corrected chi connectivity index (χ0v) is 8.56. The number of halogens is 2. The molecule has 1 aliphatic heterocycles. The Hall–Kier alpha value is -1.78. The molecule has 84 valence electrons. The first-order valence-corrected chi connectivity index (χ1v) is 4.98. The molecule has 3 nitrogen and oxygen atoms in total. The van der Waals surface area contributed by atoms with Crippen molar-refractivity contribution in [1.82, 2.24) is 0 Å². The molecule has 1 saturated heterocycles. The van der Waals surface area contributed by atoms with Crippen LogP contribution in [0.15, 0.2) is 18.2 Å². The van der Waals surface area contributed by atoms with Gasteiger partial charge in [0.05, 0.1) is 5.71 Å². The second kappa shape index (κ2) is 4.00. The first kappa shape index (κ1) is 10.7. The normalized spacial score (nSPS) is 16.8. The maximum atomic E-state index is 13.0. The maximum Gasteiger partial charge on any atom is 0.146 e. The number of nitrogens with zero attached hydrogens (tertiary/aromatic N) is 1. The lowest BCUT2D eigenvalue weighted by molar-refractivity contribution is 0.583. The molecule has 0 saturated carbocycles. The lowest BCUT2D eigenvalue weighted by Crippen LogP contribution is -2.40. The fourth-order valence-electron chi connectivity index (χ4n) is 1.76. The molecule has 2 N–H and O–H groups in total. The molecule has 16 heavy (non-hydrogen) atoms. The summed E-state index contributed by atoms with van der Waals surface area (Å²) < 4.78 is 26.0. The molecule has 0 bridgehead atoms. The van der Waals surface area contributed by atoms with Crippen LogP contribution in [0.2, 0.25) is 0 Å². The van der Waals surface area contributed by atoms with E-state index in [0.29, 0.717) is 18.7 Å². The smallest absolute Gasteiger partial charge is 0.146 e. The summed E-state index contributed by atoms with van der Waals surface area (Å²) in [5.41, 5.74) is 0.503. The third kappa shape index (κ3) is 1.93. The van der Waals surface area contributed by atoms with E-state index < -0.39 is 11.6 Å². The molecule has 1 aromatic rings. The fraction of sp³-hybridized carbons (Fsp3) is 0.273. The minimum absolute atomic E-state index is 0.0243. The molecule has 2 rings (SSSR count). The second-order valence-corrected chi connectivity index (χ2v) is 3.71. The minimum Gasteiger partial charge on any atom is -0.325 e. The van der Waals surface area contributed by atoms with Crippen LogP contribution < -0.4 is 4.90 Å². The second-order valence-electron chi connectivity index (χ2n) is 3.71. The van der Waals surface area contributed by atoms with Crippen molar-refractivity contribution < 1.29 is 8.78 Å². The van der Waals surface area contributed by atoms with Crippen LogP contribution in [0.25, 0.3) is 0 Å². The number of benzene rings is 1. The molecule has 0 unspecified atom stereocenters. The Bertz CT molecular complexity index is 436. The number of amidine groups is 1. The van der Waals surface area contributed by atoms with Gasteiger partial charge in [-0.15, -0.1) is 0 Å². The van der Waals surface area contributed by atoms with Crippen molar-refractivity contribution in [2.45, 2.75) is 12.8 Å². The standard InChI is InChI=1S/C11H11F2N3/c12-7-4-8(13)6-9(5-7)16-3-1-2-10(14)11(16)15/h4-6,14-15H,1-3H2. The van der Waals surface area contributed by atoms with Crippen LogP contribution in [0.1, 0.15) is 12.8 Å². The molecule has 5 heteroatoms. The third-order valence-electron chi connectivity index (χ3n) is 2.52. The Labute approximate surface area is 91.7 Å². The van der Waals surface area contributed by atoms with Gasteiger partial charge in [0.25, 0.3) is 0 Å². The van der Waals surface area contributed by atoms with E-state index in [0.717, 1.165) is 12.5 Å². The summed E-state index contributed by atoms with van der Waals surface area (Å²) in [5.74, 6) is -1.31. The van der Waals surface area contributed by atoms with E-state index in [9.17, 15) is 8.78 Å². The van der Waals surface area contributed by atoms with E-state index in [2.05, 4.69) is 0 Å². The van der Waals surface area contributed by atoms with Gasteiger partial charge in [-0.2, -0.15) is 0 Å². The summed E-state index contributed by atoms with van der Waals surface area (Å²) in [5, 5.41) is 15.2. The molecular formula is C11H11F2N3. The van der Waals surface area contributed by atoms with Crippen LogP contribution in [0, 0.1) is 22.5 Å². The van der Waals surface area contributed by atoms with Gasteiger partial charge in [0.1, 0.15) is 17.5 Å². The molecule has 0 spiro atoms. The van der Waals surface area contributed by atoms with E-state index in [-0.39, 0.29) is 11.5 Å². The van der Waals surface area contributed by atoms with Gasteiger partial charge < -0.3 is 10.3 Å². The summed E-state index contributed by atoms with van der Waals surface area (Å²) in [7, 11) is 0. The zero-order chi connectivity index (χ0) is 11.7. The average Bonchev–Trinajstić information content (AvgIpc) is 2.20. The van der Waals surface area contributed by atoms with Crippen LogP contribution in [-0.4, -0.2) is 18.1 Å². The summed E-state index contributed by atoms with van der Waals surface area (Å²) >= 11 is 0. The fourth-order valence-corrected chi connectivity index (χ4v) is 1.76. The Morgan fingerprint density at radius 1 is 1.06 bits per heavy atom. The van der Waals surface area contributed by atoms with Gasteiger partial charge in [-0.05, 0) is 25.0 Å². The molecule has 0 atom stereocenters. The van der Waals surface area contributed by atoms with Crippen molar-refractivity contribution >= 4 is 17.2 Å². The van der Waals surface area contributed by atoms with Gasteiger partial charge in [-0.1, -0.05) is 0 Å². The number of anilines is 1. The molecule has 1 fully saturated rings. The van der Waals surface area contributed by atoms with Crippen molar-refractivity contribution in [3.05, 3.63) is 29.8 Å². The Kier molecular flexibility index (Phi) is 2.68. The Balaban J connectivity index is 2.35. The monoisotopic (exact) mass is 223 g/mol. The van der Waals surface area contributed by atoms with Crippen LogP contribution in [-0.2, 0) is 0 Å². The largest absolute Gasteiger partial charge is 0.325 e. The molecule has 1 aliphatic rings. The minimum atomic E-state index is -0.667. The van der Waals surface area contributed by atoms with Crippen LogP contribution in [0.3, 0.4) is 0 Å². The highest BCUT2D eigenvalue weighted by Gasteiger charge is 2.21. The van der Waals surface area contributed by atoms with Crippen molar-refractivity contribution in [2.75, 3.05) is 11.4 Å². The molecule has 1 aromatic carbocycles. The van der Waals surface area contributed by atoms with Gasteiger partial charge in [0.15, 0.2) is 0 Å². The molecule has 0 amide bonds. The van der Waals surface area contributed by atoms with E-state index in [1.54, 1.807) is 0 Å². The van der Waals surface area contributed by atoms with Crippen molar-refractivity contribution in [1.29, 1.82) is 10.8 Å². The number of hydrogen-bond donors (Lipinski definition) is 2.